The number of carbonyl (C=O) groups is 2. The van der Waals surface area contributed by atoms with Gasteiger partial charge in [-0.15, -0.1) is 0 Å². The van der Waals surface area contributed by atoms with E-state index < -0.39 is 9.84 Å². The zero-order valence-corrected chi connectivity index (χ0v) is 16.2. The number of anilines is 1. The molecule has 2 rings (SSSR count). The number of likely N-dealkylation sites (N-methyl/N-ethyl adjacent to an activating group) is 1. The average molecular weight is 389 g/mol. The number of benzene rings is 1. The number of amides is 2. The molecule has 2 amide bonds. The molecule has 27 heavy (non-hydrogen) atoms. The molecule has 1 aromatic heterocycles. The second-order valence-corrected chi connectivity index (χ2v) is 8.30. The predicted octanol–water partition coefficient (Wildman–Crippen LogP) is 1.90. The number of sulfone groups is 1. The lowest BCUT2D eigenvalue weighted by atomic mass is 10.2. The van der Waals surface area contributed by atoms with E-state index in [1.165, 1.54) is 36.1 Å². The third kappa shape index (κ3) is 6.49. The molecule has 0 fully saturated rings. The maximum atomic E-state index is 12.4. The summed E-state index contributed by atoms with van der Waals surface area (Å²) in [5, 5.41) is 2.58. The number of pyridine rings is 1. The summed E-state index contributed by atoms with van der Waals surface area (Å²) in [6.07, 6.45) is 3.99. The predicted molar refractivity (Wildman–Crippen MR) is 103 cm³/mol. The summed E-state index contributed by atoms with van der Waals surface area (Å²) in [5.41, 5.74) is 1.59. The summed E-state index contributed by atoms with van der Waals surface area (Å²) in [5.74, 6) is -0.709. The van der Waals surface area contributed by atoms with Gasteiger partial charge in [-0.25, -0.2) is 8.42 Å². The molecular formula is C19H23N3O4S. The van der Waals surface area contributed by atoms with Gasteiger partial charge in [0.1, 0.15) is 0 Å². The van der Waals surface area contributed by atoms with Crippen molar-refractivity contribution >= 4 is 27.3 Å². The van der Waals surface area contributed by atoms with E-state index in [1.54, 1.807) is 19.4 Å². The average Bonchev–Trinajstić information content (AvgIpc) is 2.65. The van der Waals surface area contributed by atoms with Gasteiger partial charge >= 0.3 is 0 Å². The summed E-state index contributed by atoms with van der Waals surface area (Å²) in [4.78, 5) is 28.8. The van der Waals surface area contributed by atoms with Crippen LogP contribution in [0.5, 0.6) is 0 Å². The zero-order valence-electron chi connectivity index (χ0n) is 15.4. The first-order chi connectivity index (χ1) is 12.8. The van der Waals surface area contributed by atoms with Crippen LogP contribution in [0.4, 0.5) is 5.69 Å². The number of hydrogen-bond donors (Lipinski definition) is 1. The van der Waals surface area contributed by atoms with Crippen LogP contribution >= 0.6 is 0 Å². The van der Waals surface area contributed by atoms with Crippen molar-refractivity contribution in [3.63, 3.8) is 0 Å². The van der Waals surface area contributed by atoms with E-state index in [1.807, 2.05) is 12.1 Å². The number of rotatable bonds is 8. The molecule has 2 aromatic rings. The van der Waals surface area contributed by atoms with E-state index >= 15 is 0 Å². The minimum Gasteiger partial charge on any atom is -0.345 e. The van der Waals surface area contributed by atoms with Gasteiger partial charge in [-0.05, 0) is 48.4 Å². The minimum absolute atomic E-state index is 0.0807. The highest BCUT2D eigenvalue weighted by Gasteiger charge is 2.18. The third-order valence-corrected chi connectivity index (χ3v) is 5.76. The lowest BCUT2D eigenvalue weighted by molar-refractivity contribution is -0.129. The Balaban J connectivity index is 1.87. The van der Waals surface area contributed by atoms with Crippen LogP contribution in [0.25, 0.3) is 0 Å². The molecule has 0 aliphatic heterocycles. The maximum Gasteiger partial charge on any atom is 0.223 e. The largest absolute Gasteiger partial charge is 0.345 e. The standard InChI is InChI=1S/C19H23N3O4S/c1-15(23)21-17-3-5-18(6-4-17)27(25,26)14-10-19(24)22(2)13-9-16-7-11-20-12-8-16/h3-8,11-12H,9-10,13-14H2,1-2H3,(H,21,23). The fourth-order valence-electron chi connectivity index (χ4n) is 2.45. The van der Waals surface area contributed by atoms with E-state index in [0.29, 0.717) is 18.7 Å². The Hall–Kier alpha value is -2.74. The Kier molecular flexibility index (Phi) is 7.06. The monoisotopic (exact) mass is 389 g/mol. The summed E-state index contributed by atoms with van der Waals surface area (Å²) >= 11 is 0. The zero-order chi connectivity index (χ0) is 19.9. The third-order valence-electron chi connectivity index (χ3n) is 4.03. The molecule has 1 heterocycles. The molecular weight excluding hydrogens is 366 g/mol. The summed E-state index contributed by atoms with van der Waals surface area (Å²) in [6.45, 7) is 1.88. The van der Waals surface area contributed by atoms with Crippen molar-refractivity contribution in [2.75, 3.05) is 24.7 Å². The first-order valence-corrected chi connectivity index (χ1v) is 10.2. The van der Waals surface area contributed by atoms with Crippen LogP contribution in [0, 0.1) is 0 Å². The molecule has 0 atom stereocenters. The maximum absolute atomic E-state index is 12.4. The molecule has 8 heteroatoms. The molecule has 0 spiro atoms. The van der Waals surface area contributed by atoms with Crippen molar-refractivity contribution in [3.8, 4) is 0 Å². The molecule has 0 unspecified atom stereocenters. The van der Waals surface area contributed by atoms with Gasteiger partial charge < -0.3 is 10.2 Å². The van der Waals surface area contributed by atoms with Crippen molar-refractivity contribution in [1.82, 2.24) is 9.88 Å². The van der Waals surface area contributed by atoms with Crippen molar-refractivity contribution in [2.45, 2.75) is 24.7 Å². The van der Waals surface area contributed by atoms with Gasteiger partial charge in [-0.3, -0.25) is 14.6 Å². The van der Waals surface area contributed by atoms with Gasteiger partial charge in [0.05, 0.1) is 10.6 Å². The van der Waals surface area contributed by atoms with Gasteiger partial charge in [0.15, 0.2) is 9.84 Å². The Morgan fingerprint density at radius 3 is 2.30 bits per heavy atom. The van der Waals surface area contributed by atoms with E-state index in [9.17, 15) is 18.0 Å². The molecule has 0 aliphatic rings. The van der Waals surface area contributed by atoms with Crippen molar-refractivity contribution in [3.05, 3.63) is 54.4 Å². The van der Waals surface area contributed by atoms with E-state index in [-0.39, 0.29) is 28.9 Å². The SMILES string of the molecule is CC(=O)Nc1ccc(S(=O)(=O)CCC(=O)N(C)CCc2ccncc2)cc1. The number of aromatic nitrogens is 1. The topological polar surface area (TPSA) is 96.4 Å². The van der Waals surface area contributed by atoms with Crippen LogP contribution in [-0.4, -0.2) is 49.5 Å². The molecule has 0 bridgehead atoms. The van der Waals surface area contributed by atoms with E-state index in [4.69, 9.17) is 0 Å². The highest BCUT2D eigenvalue weighted by molar-refractivity contribution is 7.91. The number of nitrogens with zero attached hydrogens (tertiary/aromatic N) is 2. The Bertz CT molecular complexity index is 881. The highest BCUT2D eigenvalue weighted by Crippen LogP contribution is 2.16. The minimum atomic E-state index is -3.57. The van der Waals surface area contributed by atoms with Crippen LogP contribution in [0.15, 0.2) is 53.7 Å². The summed E-state index contributed by atoms with van der Waals surface area (Å²) in [6, 6.07) is 9.67. The molecule has 0 saturated heterocycles. The van der Waals surface area contributed by atoms with Crippen molar-refractivity contribution < 1.29 is 18.0 Å². The fraction of sp³-hybridized carbons (Fsp3) is 0.316. The fourth-order valence-corrected chi connectivity index (χ4v) is 3.68. The number of hydrogen-bond acceptors (Lipinski definition) is 5. The smallest absolute Gasteiger partial charge is 0.223 e. The van der Waals surface area contributed by atoms with Gasteiger partial charge in [0.25, 0.3) is 0 Å². The van der Waals surface area contributed by atoms with Crippen LogP contribution in [0.2, 0.25) is 0 Å². The molecule has 7 nitrogen and oxygen atoms in total. The lowest BCUT2D eigenvalue weighted by Gasteiger charge is -2.17. The van der Waals surface area contributed by atoms with Gasteiger partial charge in [-0.1, -0.05) is 0 Å². The van der Waals surface area contributed by atoms with Crippen molar-refractivity contribution in [2.24, 2.45) is 0 Å². The Labute approximate surface area is 159 Å². The summed E-state index contributed by atoms with van der Waals surface area (Å²) in [7, 11) is -1.90. The second kappa shape index (κ2) is 9.27. The molecule has 0 aliphatic carbocycles. The quantitative estimate of drug-likeness (QED) is 0.744. The Morgan fingerprint density at radius 2 is 1.70 bits per heavy atom. The molecule has 0 radical (unpaired) electrons. The first-order valence-electron chi connectivity index (χ1n) is 8.51. The Morgan fingerprint density at radius 1 is 1.07 bits per heavy atom. The molecule has 0 saturated carbocycles. The molecule has 144 valence electrons. The van der Waals surface area contributed by atoms with E-state index in [0.717, 1.165) is 5.56 Å². The van der Waals surface area contributed by atoms with Crippen molar-refractivity contribution in [1.29, 1.82) is 0 Å². The lowest BCUT2D eigenvalue weighted by Crippen LogP contribution is -2.30. The van der Waals surface area contributed by atoms with Gasteiger partial charge in [0.2, 0.25) is 11.8 Å². The molecule has 1 aromatic carbocycles. The van der Waals surface area contributed by atoms with E-state index in [2.05, 4.69) is 10.3 Å². The highest BCUT2D eigenvalue weighted by atomic mass is 32.2. The van der Waals surface area contributed by atoms with Gasteiger partial charge in [-0.2, -0.15) is 0 Å². The number of nitrogens with one attached hydrogen (secondary N) is 1. The van der Waals surface area contributed by atoms with Crippen LogP contribution in [0.1, 0.15) is 18.9 Å². The number of carbonyl (C=O) groups excluding carboxylic acids is 2. The van der Waals surface area contributed by atoms with Crippen LogP contribution in [0.3, 0.4) is 0 Å². The normalized spacial score (nSPS) is 11.0. The summed E-state index contributed by atoms with van der Waals surface area (Å²) < 4.78 is 24.8. The van der Waals surface area contributed by atoms with Gasteiger partial charge in [0, 0.05) is 45.0 Å². The second-order valence-electron chi connectivity index (χ2n) is 6.20. The van der Waals surface area contributed by atoms with Crippen LogP contribution in [-0.2, 0) is 25.8 Å². The first kappa shape index (κ1) is 20.6. The molecule has 1 N–H and O–H groups in total. The van der Waals surface area contributed by atoms with Crippen LogP contribution < -0.4 is 5.32 Å².